The summed E-state index contributed by atoms with van der Waals surface area (Å²) in [5.41, 5.74) is 1.39. The molecule has 23 heavy (non-hydrogen) atoms. The Morgan fingerprint density at radius 2 is 1.91 bits per heavy atom. The van der Waals surface area contributed by atoms with Gasteiger partial charge in [0.25, 0.3) is 0 Å². The zero-order valence-electron chi connectivity index (χ0n) is 12.6. The summed E-state index contributed by atoms with van der Waals surface area (Å²) in [6, 6.07) is 9.22. The second-order valence-corrected chi connectivity index (χ2v) is 6.46. The number of carbonyl (C=O) groups is 1. The van der Waals surface area contributed by atoms with E-state index in [0.29, 0.717) is 18.8 Å². The van der Waals surface area contributed by atoms with Crippen LogP contribution in [0.4, 0.5) is 10.5 Å². The van der Waals surface area contributed by atoms with Crippen molar-refractivity contribution in [2.45, 2.75) is 18.4 Å². The molecule has 2 amide bonds. The van der Waals surface area contributed by atoms with Gasteiger partial charge in [-0.2, -0.15) is 0 Å². The van der Waals surface area contributed by atoms with Gasteiger partial charge in [0.05, 0.1) is 4.90 Å². The van der Waals surface area contributed by atoms with Gasteiger partial charge in [-0.05, 0) is 35.9 Å². The number of anilines is 1. The highest BCUT2D eigenvalue weighted by Gasteiger charge is 2.12. The quantitative estimate of drug-likeness (QED) is 0.748. The summed E-state index contributed by atoms with van der Waals surface area (Å²) in [5, 5.41) is 5.33. The predicted octanol–water partition coefficient (Wildman–Crippen LogP) is 1.70. The first-order valence-electron chi connectivity index (χ1n) is 7.05. The molecule has 1 heterocycles. The van der Waals surface area contributed by atoms with Gasteiger partial charge in [-0.3, -0.25) is 4.98 Å². The fourth-order valence-electron chi connectivity index (χ4n) is 1.85. The summed E-state index contributed by atoms with van der Waals surface area (Å²) in [5.74, 6) is 0. The number of sulfonamides is 1. The third-order valence-corrected chi connectivity index (χ3v) is 4.49. The zero-order valence-corrected chi connectivity index (χ0v) is 13.4. The number of pyridine rings is 1. The summed E-state index contributed by atoms with van der Waals surface area (Å²) < 4.78 is 26.0. The number of aromatic nitrogens is 1. The fourth-order valence-corrected chi connectivity index (χ4v) is 2.89. The molecule has 0 radical (unpaired) electrons. The van der Waals surface area contributed by atoms with Crippen LogP contribution in [0.1, 0.15) is 12.5 Å². The van der Waals surface area contributed by atoms with Crippen LogP contribution in [0.2, 0.25) is 0 Å². The molecule has 122 valence electrons. The lowest BCUT2D eigenvalue weighted by Gasteiger charge is -2.09. The topological polar surface area (TPSA) is 100 Å². The molecule has 0 spiro atoms. The minimum absolute atomic E-state index is 0.153. The minimum Gasteiger partial charge on any atom is -0.334 e. The molecule has 0 unspecified atom stereocenters. The Labute approximate surface area is 135 Å². The Kier molecular flexibility index (Phi) is 5.67. The molecule has 8 heteroatoms. The van der Waals surface area contributed by atoms with Crippen LogP contribution in [0.15, 0.2) is 53.7 Å². The van der Waals surface area contributed by atoms with Gasteiger partial charge >= 0.3 is 6.03 Å². The molecule has 0 bridgehead atoms. The fraction of sp³-hybridized carbons (Fsp3) is 0.200. The van der Waals surface area contributed by atoms with Gasteiger partial charge in [0.1, 0.15) is 0 Å². The molecular weight excluding hydrogens is 316 g/mol. The number of hydrogen-bond donors (Lipinski definition) is 3. The van der Waals surface area contributed by atoms with Crippen LogP contribution in [0.5, 0.6) is 0 Å². The SMILES string of the molecule is CCNS(=O)(=O)c1ccc(NC(=O)NCc2cccnc2)cc1. The Morgan fingerprint density at radius 1 is 1.17 bits per heavy atom. The average Bonchev–Trinajstić information content (AvgIpc) is 2.54. The van der Waals surface area contributed by atoms with Gasteiger partial charge < -0.3 is 10.6 Å². The van der Waals surface area contributed by atoms with Crippen LogP contribution in [0.25, 0.3) is 0 Å². The predicted molar refractivity (Wildman–Crippen MR) is 87.4 cm³/mol. The van der Waals surface area contributed by atoms with Crippen molar-refractivity contribution in [1.82, 2.24) is 15.0 Å². The number of rotatable bonds is 6. The molecule has 0 aliphatic rings. The van der Waals surface area contributed by atoms with Crippen molar-refractivity contribution in [1.29, 1.82) is 0 Å². The van der Waals surface area contributed by atoms with Gasteiger partial charge in [0, 0.05) is 31.2 Å². The Morgan fingerprint density at radius 3 is 2.52 bits per heavy atom. The number of benzene rings is 1. The highest BCUT2D eigenvalue weighted by atomic mass is 32.2. The van der Waals surface area contributed by atoms with E-state index in [2.05, 4.69) is 20.3 Å². The molecular formula is C15H18N4O3S. The number of urea groups is 1. The van der Waals surface area contributed by atoms with Crippen LogP contribution >= 0.6 is 0 Å². The van der Waals surface area contributed by atoms with Gasteiger partial charge in [0.2, 0.25) is 10.0 Å². The highest BCUT2D eigenvalue weighted by molar-refractivity contribution is 7.89. The van der Waals surface area contributed by atoms with E-state index in [1.54, 1.807) is 25.4 Å². The normalized spacial score (nSPS) is 11.0. The largest absolute Gasteiger partial charge is 0.334 e. The molecule has 3 N–H and O–H groups in total. The van der Waals surface area contributed by atoms with E-state index >= 15 is 0 Å². The highest BCUT2D eigenvalue weighted by Crippen LogP contribution is 2.13. The van der Waals surface area contributed by atoms with Crippen molar-refractivity contribution in [3.63, 3.8) is 0 Å². The molecule has 0 aliphatic carbocycles. The Bertz CT molecular complexity index is 746. The van der Waals surface area contributed by atoms with Crippen LogP contribution in [-0.2, 0) is 16.6 Å². The maximum absolute atomic E-state index is 11.8. The van der Waals surface area contributed by atoms with E-state index in [0.717, 1.165) is 5.56 Å². The monoisotopic (exact) mass is 334 g/mol. The van der Waals surface area contributed by atoms with Crippen LogP contribution in [0, 0.1) is 0 Å². The third kappa shape index (κ3) is 5.04. The standard InChI is InChI=1S/C15H18N4O3S/c1-2-18-23(21,22)14-7-5-13(6-8-14)19-15(20)17-11-12-4-3-9-16-10-12/h3-10,18H,2,11H2,1H3,(H2,17,19,20). The first-order chi connectivity index (χ1) is 11.0. The van der Waals surface area contributed by atoms with Crippen LogP contribution in [-0.4, -0.2) is 26.0 Å². The van der Waals surface area contributed by atoms with Crippen molar-refractivity contribution < 1.29 is 13.2 Å². The molecule has 0 aliphatic heterocycles. The molecule has 1 aromatic heterocycles. The third-order valence-electron chi connectivity index (χ3n) is 2.93. The average molecular weight is 334 g/mol. The summed E-state index contributed by atoms with van der Waals surface area (Å²) in [6.07, 6.45) is 3.33. The van der Waals surface area contributed by atoms with Crippen molar-refractivity contribution in [2.24, 2.45) is 0 Å². The second kappa shape index (κ2) is 7.70. The summed E-state index contributed by atoms with van der Waals surface area (Å²) >= 11 is 0. The van der Waals surface area contributed by atoms with Crippen molar-refractivity contribution in [2.75, 3.05) is 11.9 Å². The smallest absolute Gasteiger partial charge is 0.319 e. The number of nitrogens with zero attached hydrogens (tertiary/aromatic N) is 1. The molecule has 1 aromatic carbocycles. The van der Waals surface area contributed by atoms with Gasteiger partial charge in [-0.25, -0.2) is 17.9 Å². The van der Waals surface area contributed by atoms with Crippen molar-refractivity contribution in [3.8, 4) is 0 Å². The molecule has 0 fully saturated rings. The van der Waals surface area contributed by atoms with Crippen LogP contribution in [0.3, 0.4) is 0 Å². The lowest BCUT2D eigenvalue weighted by atomic mass is 10.3. The molecule has 0 atom stereocenters. The Hall–Kier alpha value is -2.45. The molecule has 2 aromatic rings. The van der Waals surface area contributed by atoms with Crippen molar-refractivity contribution >= 4 is 21.7 Å². The molecule has 2 rings (SSSR count). The zero-order chi connectivity index (χ0) is 16.7. The van der Waals surface area contributed by atoms with E-state index in [1.807, 2.05) is 6.07 Å². The Balaban J connectivity index is 1.92. The van der Waals surface area contributed by atoms with Gasteiger partial charge in [0.15, 0.2) is 0 Å². The minimum atomic E-state index is -3.49. The van der Waals surface area contributed by atoms with Gasteiger partial charge in [-0.1, -0.05) is 13.0 Å². The van der Waals surface area contributed by atoms with Crippen molar-refractivity contribution in [3.05, 3.63) is 54.4 Å². The first-order valence-corrected chi connectivity index (χ1v) is 8.53. The number of amides is 2. The number of carbonyl (C=O) groups excluding carboxylic acids is 1. The van der Waals surface area contributed by atoms with E-state index in [1.165, 1.54) is 24.3 Å². The lowest BCUT2D eigenvalue weighted by Crippen LogP contribution is -2.28. The molecule has 0 saturated carbocycles. The lowest BCUT2D eigenvalue weighted by molar-refractivity contribution is 0.251. The number of nitrogens with one attached hydrogen (secondary N) is 3. The molecule has 7 nitrogen and oxygen atoms in total. The number of hydrogen-bond acceptors (Lipinski definition) is 4. The van der Waals surface area contributed by atoms with E-state index in [-0.39, 0.29) is 10.9 Å². The summed E-state index contributed by atoms with van der Waals surface area (Å²) in [4.78, 5) is 15.9. The maximum Gasteiger partial charge on any atom is 0.319 e. The van der Waals surface area contributed by atoms with E-state index < -0.39 is 10.0 Å². The second-order valence-electron chi connectivity index (χ2n) is 4.69. The van der Waals surface area contributed by atoms with Gasteiger partial charge in [-0.15, -0.1) is 0 Å². The summed E-state index contributed by atoms with van der Waals surface area (Å²) in [6.45, 7) is 2.38. The molecule has 0 saturated heterocycles. The summed E-state index contributed by atoms with van der Waals surface area (Å²) in [7, 11) is -3.49. The maximum atomic E-state index is 11.8. The van der Waals surface area contributed by atoms with E-state index in [4.69, 9.17) is 0 Å². The first kappa shape index (κ1) is 16.9. The van der Waals surface area contributed by atoms with E-state index in [9.17, 15) is 13.2 Å². The van der Waals surface area contributed by atoms with Crippen LogP contribution < -0.4 is 15.4 Å².